The monoisotopic (exact) mass is 369 g/mol. The summed E-state index contributed by atoms with van der Waals surface area (Å²) in [5.41, 5.74) is 6.26. The van der Waals surface area contributed by atoms with Crippen LogP contribution in [0.2, 0.25) is 0 Å². The van der Waals surface area contributed by atoms with E-state index >= 15 is 0 Å². The molecule has 3 aliphatic rings. The zero-order valence-corrected chi connectivity index (χ0v) is 18.4. The van der Waals surface area contributed by atoms with Gasteiger partial charge in [-0.2, -0.15) is 0 Å². The normalized spacial score (nSPS) is 23.0. The summed E-state index contributed by atoms with van der Waals surface area (Å²) in [6.45, 7) is 15.8. The van der Waals surface area contributed by atoms with E-state index in [-0.39, 0.29) is 11.0 Å². The first-order valence-electron chi connectivity index (χ1n) is 11.0. The van der Waals surface area contributed by atoms with Crippen LogP contribution in [0.3, 0.4) is 0 Å². The lowest BCUT2D eigenvalue weighted by Crippen LogP contribution is -2.60. The molecular formula is C25H39NO. The Labute approximate surface area is 167 Å². The highest BCUT2D eigenvalue weighted by Gasteiger charge is 2.52. The molecular weight excluding hydrogens is 330 g/mol. The highest BCUT2D eigenvalue weighted by atomic mass is 16.5. The highest BCUT2D eigenvalue weighted by Crippen LogP contribution is 2.48. The van der Waals surface area contributed by atoms with Crippen LogP contribution in [-0.2, 0) is 4.74 Å². The topological polar surface area (TPSA) is 12.5 Å². The van der Waals surface area contributed by atoms with Crippen molar-refractivity contribution in [3.05, 3.63) is 46.7 Å². The summed E-state index contributed by atoms with van der Waals surface area (Å²) in [7, 11) is 0. The summed E-state index contributed by atoms with van der Waals surface area (Å²) in [6.07, 6.45) is 17.1. The first-order chi connectivity index (χ1) is 12.8. The Hall–Kier alpha value is -1.28. The third-order valence-corrected chi connectivity index (χ3v) is 6.61. The van der Waals surface area contributed by atoms with Crippen molar-refractivity contribution < 1.29 is 4.74 Å². The van der Waals surface area contributed by atoms with Crippen molar-refractivity contribution in [3.63, 3.8) is 0 Å². The van der Waals surface area contributed by atoms with Gasteiger partial charge in [0.25, 0.3) is 0 Å². The molecule has 150 valence electrons. The molecule has 0 radical (unpaired) electrons. The van der Waals surface area contributed by atoms with Crippen LogP contribution in [0.1, 0.15) is 80.1 Å². The molecule has 0 aromatic rings. The number of unbranched alkanes of at least 4 members (excludes halogenated alkanes) is 3. The Balaban J connectivity index is 1.91. The summed E-state index contributed by atoms with van der Waals surface area (Å²) in [5, 5.41) is 0. The van der Waals surface area contributed by atoms with Crippen molar-refractivity contribution in [2.45, 2.75) is 91.6 Å². The molecule has 2 saturated heterocycles. The molecule has 0 unspecified atom stereocenters. The number of likely N-dealkylation sites (tertiary alicyclic amines) is 1. The second-order valence-corrected chi connectivity index (χ2v) is 9.73. The minimum Gasteiger partial charge on any atom is -0.376 e. The van der Waals surface area contributed by atoms with E-state index in [1.807, 2.05) is 0 Å². The number of rotatable bonds is 7. The minimum absolute atomic E-state index is 0.189. The fourth-order valence-electron chi connectivity index (χ4n) is 5.18. The molecule has 2 heterocycles. The molecule has 0 amide bonds. The van der Waals surface area contributed by atoms with Gasteiger partial charge in [-0.15, -0.1) is 0 Å². The molecule has 2 aliphatic heterocycles. The summed E-state index contributed by atoms with van der Waals surface area (Å²) in [4.78, 5) is 2.62. The maximum atomic E-state index is 5.67. The van der Waals surface area contributed by atoms with Crippen LogP contribution in [-0.4, -0.2) is 29.7 Å². The lowest BCUT2D eigenvalue weighted by molar-refractivity contribution is -0.123. The van der Waals surface area contributed by atoms with Crippen LogP contribution in [0.4, 0.5) is 0 Å². The molecule has 3 rings (SSSR count). The number of ether oxygens (including phenoxy) is 1. The van der Waals surface area contributed by atoms with Crippen LogP contribution in [0.25, 0.3) is 0 Å². The highest BCUT2D eigenvalue weighted by molar-refractivity contribution is 5.51. The number of nitrogens with zero attached hydrogens (tertiary/aromatic N) is 1. The van der Waals surface area contributed by atoms with E-state index < -0.39 is 0 Å². The molecule has 27 heavy (non-hydrogen) atoms. The summed E-state index contributed by atoms with van der Waals surface area (Å²) in [5.74, 6) is 0. The molecule has 0 saturated carbocycles. The van der Waals surface area contributed by atoms with Crippen LogP contribution in [0.5, 0.6) is 0 Å². The minimum atomic E-state index is 0.189. The maximum absolute atomic E-state index is 5.67. The molecule has 0 atom stereocenters. The first-order valence-corrected chi connectivity index (χ1v) is 11.0. The van der Waals surface area contributed by atoms with Crippen LogP contribution < -0.4 is 0 Å². The van der Waals surface area contributed by atoms with Crippen molar-refractivity contribution in [1.82, 2.24) is 4.90 Å². The summed E-state index contributed by atoms with van der Waals surface area (Å²) < 4.78 is 5.67. The molecule has 0 aromatic carbocycles. The van der Waals surface area contributed by atoms with Gasteiger partial charge in [0.1, 0.15) is 0 Å². The number of allylic oxidation sites excluding steroid dienone is 7. The third-order valence-electron chi connectivity index (χ3n) is 6.61. The van der Waals surface area contributed by atoms with Crippen LogP contribution in [0.15, 0.2) is 46.7 Å². The summed E-state index contributed by atoms with van der Waals surface area (Å²) >= 11 is 0. The van der Waals surface area contributed by atoms with E-state index in [0.717, 1.165) is 19.6 Å². The van der Waals surface area contributed by atoms with E-state index in [2.05, 4.69) is 70.7 Å². The SMILES string of the molecule is CCCCCCC(C)(C)C1=C(C)/C=C\C=C2C(=C1)CC1(COC1)N2C(C)C. The predicted octanol–water partition coefficient (Wildman–Crippen LogP) is 6.56. The van der Waals surface area contributed by atoms with Crippen molar-refractivity contribution in [2.75, 3.05) is 13.2 Å². The Morgan fingerprint density at radius 1 is 1.19 bits per heavy atom. The summed E-state index contributed by atoms with van der Waals surface area (Å²) in [6, 6.07) is 0.495. The largest absolute Gasteiger partial charge is 0.376 e. The van der Waals surface area contributed by atoms with Crippen LogP contribution in [0, 0.1) is 5.41 Å². The van der Waals surface area contributed by atoms with Gasteiger partial charge in [-0.1, -0.05) is 64.7 Å². The molecule has 2 nitrogen and oxygen atoms in total. The van der Waals surface area contributed by atoms with Crippen molar-refractivity contribution in [1.29, 1.82) is 0 Å². The van der Waals surface area contributed by atoms with Gasteiger partial charge in [-0.25, -0.2) is 0 Å². The number of hydrogen-bond donors (Lipinski definition) is 0. The fourth-order valence-corrected chi connectivity index (χ4v) is 5.18. The quantitative estimate of drug-likeness (QED) is 0.471. The number of fused-ring (bicyclic) bond motifs is 1. The Morgan fingerprint density at radius 2 is 1.93 bits per heavy atom. The Bertz CT molecular complexity index is 670. The van der Waals surface area contributed by atoms with Gasteiger partial charge >= 0.3 is 0 Å². The zero-order valence-electron chi connectivity index (χ0n) is 18.4. The average molecular weight is 370 g/mol. The van der Waals surface area contributed by atoms with Crippen molar-refractivity contribution >= 4 is 0 Å². The second-order valence-electron chi connectivity index (χ2n) is 9.73. The van der Waals surface area contributed by atoms with Gasteiger partial charge in [0.05, 0.1) is 18.8 Å². The predicted molar refractivity (Wildman–Crippen MR) is 116 cm³/mol. The first kappa shape index (κ1) is 20.5. The molecule has 1 spiro atoms. The second kappa shape index (κ2) is 7.99. The standard InChI is InChI=1S/C25H39NO/c1-7-8-9-10-14-24(5,6)22-15-21-16-25(17-27-18-25)26(19(2)3)23(21)13-11-12-20(22)4/h11-13,15,19H,7-10,14,16-18H2,1-6H3/b12-11-,13-11?,20-12?,21-15?,22-15?,22-20?,23-13?. The molecule has 0 aromatic heterocycles. The molecule has 0 N–H and O–H groups in total. The van der Waals surface area contributed by atoms with Crippen molar-refractivity contribution in [3.8, 4) is 0 Å². The van der Waals surface area contributed by atoms with E-state index in [4.69, 9.17) is 4.74 Å². The zero-order chi connectivity index (χ0) is 19.7. The van der Waals surface area contributed by atoms with Gasteiger partial charge in [-0.05, 0) is 55.4 Å². The van der Waals surface area contributed by atoms with Crippen molar-refractivity contribution in [2.24, 2.45) is 5.41 Å². The van der Waals surface area contributed by atoms with E-state index in [1.54, 1.807) is 0 Å². The molecule has 2 heteroatoms. The average Bonchev–Trinajstić information content (AvgIpc) is 2.89. The van der Waals surface area contributed by atoms with E-state index in [0.29, 0.717) is 6.04 Å². The van der Waals surface area contributed by atoms with Gasteiger partial charge in [0.2, 0.25) is 0 Å². The maximum Gasteiger partial charge on any atom is 0.0911 e. The van der Waals surface area contributed by atoms with Gasteiger partial charge in [0, 0.05) is 18.2 Å². The molecule has 2 fully saturated rings. The van der Waals surface area contributed by atoms with E-state index in [1.165, 1.54) is 54.5 Å². The van der Waals surface area contributed by atoms with Gasteiger partial charge in [-0.3, -0.25) is 0 Å². The fraction of sp³-hybridized carbons (Fsp3) is 0.680. The number of hydrogen-bond acceptors (Lipinski definition) is 2. The van der Waals surface area contributed by atoms with Crippen LogP contribution >= 0.6 is 0 Å². The van der Waals surface area contributed by atoms with E-state index in [9.17, 15) is 0 Å². The Kier molecular flexibility index (Phi) is 6.05. The smallest absolute Gasteiger partial charge is 0.0911 e. The Morgan fingerprint density at radius 3 is 2.52 bits per heavy atom. The molecule has 1 aliphatic carbocycles. The lowest BCUT2D eigenvalue weighted by Gasteiger charge is -2.48. The van der Waals surface area contributed by atoms with Gasteiger partial charge in [0.15, 0.2) is 0 Å². The lowest BCUT2D eigenvalue weighted by atomic mass is 9.75. The van der Waals surface area contributed by atoms with Gasteiger partial charge < -0.3 is 9.64 Å². The third kappa shape index (κ3) is 3.97. The molecule has 0 bridgehead atoms.